The molecule has 152 valence electrons. The van der Waals surface area contributed by atoms with E-state index in [9.17, 15) is 4.79 Å². The minimum Gasteiger partial charge on any atom is -0.497 e. The maximum atomic E-state index is 13.1. The quantitative estimate of drug-likeness (QED) is 0.642. The van der Waals surface area contributed by atoms with E-state index in [1.54, 1.807) is 25.3 Å². The second-order valence-corrected chi connectivity index (χ2v) is 6.67. The van der Waals surface area contributed by atoms with Gasteiger partial charge in [0.2, 0.25) is 5.88 Å². The van der Waals surface area contributed by atoms with Crippen molar-refractivity contribution < 1.29 is 19.0 Å². The Morgan fingerprint density at radius 3 is 2.31 bits per heavy atom. The van der Waals surface area contributed by atoms with Gasteiger partial charge in [0.05, 0.1) is 37.5 Å². The zero-order valence-corrected chi connectivity index (χ0v) is 17.3. The van der Waals surface area contributed by atoms with E-state index in [-0.39, 0.29) is 11.6 Å². The summed E-state index contributed by atoms with van der Waals surface area (Å²) in [6.07, 6.45) is 0.789. The highest BCUT2D eigenvalue weighted by molar-refractivity contribution is 6.06. The summed E-state index contributed by atoms with van der Waals surface area (Å²) in [5.41, 5.74) is 4.11. The molecule has 3 aromatic rings. The predicted molar refractivity (Wildman–Crippen MR) is 112 cm³/mol. The van der Waals surface area contributed by atoms with Crippen molar-refractivity contribution >= 4 is 22.6 Å². The van der Waals surface area contributed by atoms with Crippen LogP contribution in [-0.4, -0.2) is 36.7 Å². The van der Waals surface area contributed by atoms with Crippen LogP contribution >= 0.6 is 0 Å². The van der Waals surface area contributed by atoms with E-state index in [1.165, 1.54) is 7.11 Å². The molecule has 1 amide bonds. The molecule has 0 saturated carbocycles. The van der Waals surface area contributed by atoms with Crippen molar-refractivity contribution in [2.45, 2.75) is 27.2 Å². The Morgan fingerprint density at radius 1 is 1.00 bits per heavy atom. The van der Waals surface area contributed by atoms with Gasteiger partial charge in [-0.15, -0.1) is 0 Å². The predicted octanol–water partition coefficient (Wildman–Crippen LogP) is 4.30. The molecule has 0 fully saturated rings. The maximum absolute atomic E-state index is 13.1. The number of aromatic nitrogens is 2. The van der Waals surface area contributed by atoms with Crippen LogP contribution in [0.5, 0.6) is 17.4 Å². The van der Waals surface area contributed by atoms with Gasteiger partial charge >= 0.3 is 0 Å². The number of hydrogen-bond donors (Lipinski definition) is 1. The first-order chi connectivity index (χ1) is 14.0. The van der Waals surface area contributed by atoms with Crippen molar-refractivity contribution in [3.63, 3.8) is 0 Å². The normalized spacial score (nSPS) is 10.7. The van der Waals surface area contributed by atoms with Crippen LogP contribution < -0.4 is 19.5 Å². The number of benzene rings is 2. The number of methoxy groups -OCH3 is 2. The Kier molecular flexibility index (Phi) is 6.16. The van der Waals surface area contributed by atoms with Crippen LogP contribution in [0.1, 0.15) is 35.0 Å². The van der Waals surface area contributed by atoms with E-state index < -0.39 is 5.91 Å². The molecule has 0 aliphatic rings. The number of anilines is 1. The molecule has 0 atom stereocenters. The summed E-state index contributed by atoms with van der Waals surface area (Å²) < 4.78 is 16.3. The van der Waals surface area contributed by atoms with Gasteiger partial charge in [0.25, 0.3) is 5.91 Å². The molecule has 0 radical (unpaired) electrons. The van der Waals surface area contributed by atoms with Gasteiger partial charge in [-0.3, -0.25) is 4.79 Å². The van der Waals surface area contributed by atoms with Crippen LogP contribution in [-0.2, 0) is 0 Å². The summed E-state index contributed by atoms with van der Waals surface area (Å²) in [7, 11) is 3.09. The molecule has 0 bridgehead atoms. The Bertz CT molecular complexity index is 1050. The van der Waals surface area contributed by atoms with Gasteiger partial charge in [-0.2, -0.15) is 0 Å². The van der Waals surface area contributed by atoms with Gasteiger partial charge < -0.3 is 19.5 Å². The summed E-state index contributed by atoms with van der Waals surface area (Å²) in [4.78, 5) is 22.2. The average molecular weight is 395 g/mol. The first kappa shape index (κ1) is 20.4. The standard InChI is InChI=1S/C22H25N3O4/c1-6-9-29-22-20(23-16-10-13(2)14(3)11-17(16)25-22)21(26)24-18-12-15(27-4)7-8-19(18)28-5/h7-8,10-12H,6,9H2,1-5H3,(H,24,26). The number of nitrogens with one attached hydrogen (secondary N) is 1. The second-order valence-electron chi connectivity index (χ2n) is 6.67. The minimum atomic E-state index is -0.435. The first-order valence-electron chi connectivity index (χ1n) is 9.42. The fourth-order valence-electron chi connectivity index (χ4n) is 2.84. The Labute approximate surface area is 170 Å². The molecule has 1 N–H and O–H groups in total. The number of carbonyl (C=O) groups excluding carboxylic acids is 1. The fourth-order valence-corrected chi connectivity index (χ4v) is 2.84. The summed E-state index contributed by atoms with van der Waals surface area (Å²) in [5.74, 6) is 0.881. The van der Waals surface area contributed by atoms with Crippen LogP contribution in [0.15, 0.2) is 30.3 Å². The van der Waals surface area contributed by atoms with Gasteiger partial charge in [-0.1, -0.05) is 6.92 Å². The highest BCUT2D eigenvalue weighted by Gasteiger charge is 2.20. The molecule has 29 heavy (non-hydrogen) atoms. The van der Waals surface area contributed by atoms with Crippen molar-refractivity contribution in [2.24, 2.45) is 0 Å². The summed E-state index contributed by atoms with van der Waals surface area (Å²) in [5, 5.41) is 2.83. The SMILES string of the molecule is CCCOc1nc2cc(C)c(C)cc2nc1C(=O)Nc1cc(OC)ccc1OC. The molecule has 0 spiro atoms. The average Bonchev–Trinajstić information content (AvgIpc) is 2.72. The number of rotatable bonds is 7. The lowest BCUT2D eigenvalue weighted by atomic mass is 10.1. The molecule has 7 heteroatoms. The van der Waals surface area contributed by atoms with Crippen LogP contribution in [0.2, 0.25) is 0 Å². The van der Waals surface area contributed by atoms with E-state index in [2.05, 4.69) is 15.3 Å². The molecule has 2 aromatic carbocycles. The van der Waals surface area contributed by atoms with Crippen molar-refractivity contribution in [3.8, 4) is 17.4 Å². The van der Waals surface area contributed by atoms with Gasteiger partial charge in [-0.05, 0) is 55.7 Å². The number of ether oxygens (including phenoxy) is 3. The molecule has 7 nitrogen and oxygen atoms in total. The van der Waals surface area contributed by atoms with Crippen LogP contribution in [0.25, 0.3) is 11.0 Å². The summed E-state index contributed by atoms with van der Waals surface area (Å²) >= 11 is 0. The van der Waals surface area contributed by atoms with Crippen LogP contribution in [0.3, 0.4) is 0 Å². The summed E-state index contributed by atoms with van der Waals surface area (Å²) in [6, 6.07) is 9.03. The monoisotopic (exact) mass is 395 g/mol. The lowest BCUT2D eigenvalue weighted by Gasteiger charge is -2.14. The second kappa shape index (κ2) is 8.77. The van der Waals surface area contributed by atoms with Crippen LogP contribution in [0.4, 0.5) is 5.69 Å². The number of amides is 1. The molecular weight excluding hydrogens is 370 g/mol. The Balaban J connectivity index is 2.04. The summed E-state index contributed by atoms with van der Waals surface area (Å²) in [6.45, 7) is 6.44. The van der Waals surface area contributed by atoms with Crippen molar-refractivity contribution in [2.75, 3.05) is 26.1 Å². The first-order valence-corrected chi connectivity index (χ1v) is 9.42. The topological polar surface area (TPSA) is 82.6 Å². The zero-order valence-electron chi connectivity index (χ0n) is 17.3. The molecule has 0 unspecified atom stereocenters. The van der Waals surface area contributed by atoms with Gasteiger partial charge in [0, 0.05) is 6.07 Å². The smallest absolute Gasteiger partial charge is 0.280 e. The number of hydrogen-bond acceptors (Lipinski definition) is 6. The maximum Gasteiger partial charge on any atom is 0.280 e. The third-order valence-electron chi connectivity index (χ3n) is 4.56. The van der Waals surface area contributed by atoms with E-state index in [0.717, 1.165) is 17.5 Å². The molecule has 0 saturated heterocycles. The molecule has 1 aromatic heterocycles. The van der Waals surface area contributed by atoms with E-state index in [0.29, 0.717) is 34.8 Å². The van der Waals surface area contributed by atoms with E-state index in [4.69, 9.17) is 14.2 Å². The third kappa shape index (κ3) is 4.39. The van der Waals surface area contributed by atoms with Gasteiger partial charge in [0.15, 0.2) is 5.69 Å². The Morgan fingerprint density at radius 2 is 1.69 bits per heavy atom. The molecule has 1 heterocycles. The number of aryl methyl sites for hydroxylation is 2. The van der Waals surface area contributed by atoms with Crippen LogP contribution in [0, 0.1) is 13.8 Å². The van der Waals surface area contributed by atoms with E-state index >= 15 is 0 Å². The third-order valence-corrected chi connectivity index (χ3v) is 4.56. The molecule has 0 aliphatic heterocycles. The number of carbonyl (C=O) groups is 1. The lowest BCUT2D eigenvalue weighted by molar-refractivity contribution is 0.101. The fraction of sp³-hybridized carbons (Fsp3) is 0.318. The molecule has 3 rings (SSSR count). The lowest BCUT2D eigenvalue weighted by Crippen LogP contribution is -2.17. The van der Waals surface area contributed by atoms with E-state index in [1.807, 2.05) is 32.9 Å². The zero-order chi connectivity index (χ0) is 21.0. The molecule has 0 aliphatic carbocycles. The van der Waals surface area contributed by atoms with Crippen molar-refractivity contribution in [1.82, 2.24) is 9.97 Å². The minimum absolute atomic E-state index is 0.124. The van der Waals surface area contributed by atoms with Gasteiger partial charge in [-0.25, -0.2) is 9.97 Å². The van der Waals surface area contributed by atoms with Crippen molar-refractivity contribution in [1.29, 1.82) is 0 Å². The largest absolute Gasteiger partial charge is 0.497 e. The molecular formula is C22H25N3O4. The highest BCUT2D eigenvalue weighted by Crippen LogP contribution is 2.30. The Hall–Kier alpha value is -3.35. The number of nitrogens with zero attached hydrogens (tertiary/aromatic N) is 2. The number of fused-ring (bicyclic) bond motifs is 1. The van der Waals surface area contributed by atoms with Crippen molar-refractivity contribution in [3.05, 3.63) is 47.2 Å². The highest BCUT2D eigenvalue weighted by atomic mass is 16.5. The van der Waals surface area contributed by atoms with Gasteiger partial charge in [0.1, 0.15) is 11.5 Å².